The lowest BCUT2D eigenvalue weighted by molar-refractivity contribution is 0.0322. The van der Waals surface area contributed by atoms with Crippen LogP contribution in [-0.2, 0) is 9.84 Å². The maximum absolute atomic E-state index is 11.7. The summed E-state index contributed by atoms with van der Waals surface area (Å²) in [5.74, 6) is 0.563. The normalized spacial score (nSPS) is 37.1. The molecule has 0 amide bonds. The van der Waals surface area contributed by atoms with Gasteiger partial charge < -0.3 is 5.73 Å². The minimum absolute atomic E-state index is 0.257. The van der Waals surface area contributed by atoms with Gasteiger partial charge in [-0.1, -0.05) is 13.8 Å². The topological polar surface area (TPSA) is 63.4 Å². The van der Waals surface area contributed by atoms with Crippen LogP contribution in [-0.4, -0.2) is 50.0 Å². The fourth-order valence-electron chi connectivity index (χ4n) is 3.27. The van der Waals surface area contributed by atoms with Gasteiger partial charge in [0.1, 0.15) is 0 Å². The SMILES string of the molecule is CC1(C)CCCN(C2(CN)CCS(=O)(=O)C2)C1. The molecule has 0 saturated carbocycles. The molecular formula is C12H24N2O2S. The first-order chi connectivity index (χ1) is 7.79. The van der Waals surface area contributed by atoms with Crippen LogP contribution in [0.25, 0.3) is 0 Å². The average Bonchev–Trinajstić information content (AvgIpc) is 2.54. The number of hydrogen-bond donors (Lipinski definition) is 1. The Hall–Kier alpha value is -0.130. The molecule has 100 valence electrons. The molecule has 2 aliphatic rings. The van der Waals surface area contributed by atoms with Crippen molar-refractivity contribution >= 4 is 9.84 Å². The van der Waals surface area contributed by atoms with Crippen LogP contribution in [0.15, 0.2) is 0 Å². The summed E-state index contributed by atoms with van der Waals surface area (Å²) in [6, 6.07) is 0. The van der Waals surface area contributed by atoms with E-state index in [-0.39, 0.29) is 16.7 Å². The van der Waals surface area contributed by atoms with Crippen LogP contribution in [0.4, 0.5) is 0 Å². The van der Waals surface area contributed by atoms with Crippen molar-refractivity contribution in [1.82, 2.24) is 4.90 Å². The number of piperidine rings is 1. The van der Waals surface area contributed by atoms with Gasteiger partial charge in [0.05, 0.1) is 11.5 Å². The summed E-state index contributed by atoms with van der Waals surface area (Å²) in [7, 11) is -2.87. The van der Waals surface area contributed by atoms with Gasteiger partial charge in [-0.2, -0.15) is 0 Å². The first-order valence-corrected chi connectivity index (χ1v) is 8.26. The summed E-state index contributed by atoms with van der Waals surface area (Å²) in [5.41, 5.74) is 5.91. The summed E-state index contributed by atoms with van der Waals surface area (Å²) in [5, 5.41) is 0. The van der Waals surface area contributed by atoms with E-state index in [0.717, 1.165) is 19.5 Å². The zero-order valence-corrected chi connectivity index (χ0v) is 11.7. The molecule has 2 fully saturated rings. The van der Waals surface area contributed by atoms with Gasteiger partial charge in [0.15, 0.2) is 9.84 Å². The molecule has 2 heterocycles. The molecule has 0 aliphatic carbocycles. The van der Waals surface area contributed by atoms with E-state index < -0.39 is 9.84 Å². The summed E-state index contributed by atoms with van der Waals surface area (Å²) >= 11 is 0. The molecule has 5 heteroatoms. The summed E-state index contributed by atoms with van der Waals surface area (Å²) in [6.45, 7) is 6.94. The lowest BCUT2D eigenvalue weighted by Crippen LogP contribution is -2.59. The molecule has 0 aromatic heterocycles. The van der Waals surface area contributed by atoms with Crippen molar-refractivity contribution in [2.75, 3.05) is 31.1 Å². The largest absolute Gasteiger partial charge is 0.329 e. The third-order valence-electron chi connectivity index (χ3n) is 4.32. The Morgan fingerprint density at radius 3 is 2.47 bits per heavy atom. The second-order valence-electron chi connectivity index (χ2n) is 6.46. The Balaban J connectivity index is 2.19. The predicted octanol–water partition coefficient (Wildman–Crippen LogP) is 0.624. The minimum Gasteiger partial charge on any atom is -0.329 e. The molecule has 0 aromatic carbocycles. The van der Waals surface area contributed by atoms with Crippen molar-refractivity contribution in [1.29, 1.82) is 0 Å². The molecule has 0 bridgehead atoms. The van der Waals surface area contributed by atoms with Gasteiger partial charge in [-0.3, -0.25) is 4.90 Å². The highest BCUT2D eigenvalue weighted by atomic mass is 32.2. The number of rotatable bonds is 2. The lowest BCUT2D eigenvalue weighted by atomic mass is 9.81. The number of sulfone groups is 1. The maximum atomic E-state index is 11.7. The van der Waals surface area contributed by atoms with Crippen LogP contribution in [0.2, 0.25) is 0 Å². The molecule has 0 aromatic rings. The van der Waals surface area contributed by atoms with E-state index in [1.54, 1.807) is 0 Å². The van der Waals surface area contributed by atoms with Crippen molar-refractivity contribution in [3.8, 4) is 0 Å². The molecule has 2 rings (SSSR count). The number of nitrogens with two attached hydrogens (primary N) is 1. The zero-order valence-electron chi connectivity index (χ0n) is 10.9. The Morgan fingerprint density at radius 1 is 1.29 bits per heavy atom. The average molecular weight is 260 g/mol. The summed E-state index contributed by atoms with van der Waals surface area (Å²) < 4.78 is 23.5. The second kappa shape index (κ2) is 4.21. The Bertz CT molecular complexity index is 391. The standard InChI is InChI=1S/C12H24N2O2S/c1-11(2)4-3-6-14(9-11)12(8-13)5-7-17(15,16)10-12/h3-10,13H2,1-2H3. The van der Waals surface area contributed by atoms with E-state index in [9.17, 15) is 8.42 Å². The number of hydrogen-bond acceptors (Lipinski definition) is 4. The molecule has 1 atom stereocenters. The number of likely N-dealkylation sites (tertiary alicyclic amines) is 1. The summed E-state index contributed by atoms with van der Waals surface area (Å²) in [4.78, 5) is 2.35. The van der Waals surface area contributed by atoms with Gasteiger partial charge in [0.25, 0.3) is 0 Å². The molecule has 2 saturated heterocycles. The highest BCUT2D eigenvalue weighted by molar-refractivity contribution is 7.91. The molecule has 2 N–H and O–H groups in total. The summed E-state index contributed by atoms with van der Waals surface area (Å²) in [6.07, 6.45) is 3.08. The second-order valence-corrected chi connectivity index (χ2v) is 8.64. The molecule has 0 spiro atoms. The van der Waals surface area contributed by atoms with Crippen molar-refractivity contribution < 1.29 is 8.42 Å². The smallest absolute Gasteiger partial charge is 0.152 e. The van der Waals surface area contributed by atoms with E-state index in [1.165, 1.54) is 6.42 Å². The molecule has 17 heavy (non-hydrogen) atoms. The van der Waals surface area contributed by atoms with Crippen molar-refractivity contribution in [2.45, 2.75) is 38.6 Å². The monoisotopic (exact) mass is 260 g/mol. The Kier molecular flexibility index (Phi) is 3.30. The van der Waals surface area contributed by atoms with Crippen LogP contribution in [0.1, 0.15) is 33.1 Å². The molecule has 2 aliphatic heterocycles. The molecule has 1 unspecified atom stereocenters. The minimum atomic E-state index is -2.87. The van der Waals surface area contributed by atoms with Crippen LogP contribution in [0.3, 0.4) is 0 Å². The van der Waals surface area contributed by atoms with E-state index >= 15 is 0 Å². The van der Waals surface area contributed by atoms with E-state index in [4.69, 9.17) is 5.73 Å². The van der Waals surface area contributed by atoms with E-state index in [1.807, 2.05) is 0 Å². The first-order valence-electron chi connectivity index (χ1n) is 6.44. The molecule has 0 radical (unpaired) electrons. The van der Waals surface area contributed by atoms with Gasteiger partial charge in [0, 0.05) is 18.6 Å². The van der Waals surface area contributed by atoms with Gasteiger partial charge >= 0.3 is 0 Å². The first kappa shape index (κ1) is 13.3. The van der Waals surface area contributed by atoms with Gasteiger partial charge in [0.2, 0.25) is 0 Å². The lowest BCUT2D eigenvalue weighted by Gasteiger charge is -2.47. The highest BCUT2D eigenvalue weighted by Gasteiger charge is 2.47. The van der Waals surface area contributed by atoms with Crippen LogP contribution in [0, 0.1) is 5.41 Å². The predicted molar refractivity (Wildman–Crippen MR) is 69.6 cm³/mol. The van der Waals surface area contributed by atoms with Crippen LogP contribution in [0.5, 0.6) is 0 Å². The van der Waals surface area contributed by atoms with Crippen LogP contribution >= 0.6 is 0 Å². The van der Waals surface area contributed by atoms with Gasteiger partial charge in [-0.15, -0.1) is 0 Å². The fourth-order valence-corrected chi connectivity index (χ4v) is 5.37. The third kappa shape index (κ3) is 2.66. The number of nitrogens with zero attached hydrogens (tertiary/aromatic N) is 1. The fraction of sp³-hybridized carbons (Fsp3) is 1.00. The van der Waals surface area contributed by atoms with Crippen molar-refractivity contribution in [3.63, 3.8) is 0 Å². The van der Waals surface area contributed by atoms with E-state index in [0.29, 0.717) is 18.7 Å². The highest BCUT2D eigenvalue weighted by Crippen LogP contribution is 2.36. The quantitative estimate of drug-likeness (QED) is 0.791. The zero-order chi connectivity index (χ0) is 12.7. The third-order valence-corrected chi connectivity index (χ3v) is 6.12. The van der Waals surface area contributed by atoms with Crippen molar-refractivity contribution in [2.24, 2.45) is 11.1 Å². The van der Waals surface area contributed by atoms with Crippen LogP contribution < -0.4 is 5.73 Å². The molecule has 4 nitrogen and oxygen atoms in total. The Labute approximate surface area is 104 Å². The Morgan fingerprint density at radius 2 is 2.00 bits per heavy atom. The van der Waals surface area contributed by atoms with Crippen molar-refractivity contribution in [3.05, 3.63) is 0 Å². The van der Waals surface area contributed by atoms with Gasteiger partial charge in [-0.05, 0) is 31.2 Å². The van der Waals surface area contributed by atoms with Gasteiger partial charge in [-0.25, -0.2) is 8.42 Å². The maximum Gasteiger partial charge on any atom is 0.152 e. The molecular weight excluding hydrogens is 236 g/mol. The van der Waals surface area contributed by atoms with E-state index in [2.05, 4.69) is 18.7 Å².